The van der Waals surface area contributed by atoms with Crippen molar-refractivity contribution in [2.24, 2.45) is 0 Å². The van der Waals surface area contributed by atoms with Crippen LogP contribution in [0.5, 0.6) is 0 Å². The predicted molar refractivity (Wildman–Crippen MR) is 80.9 cm³/mol. The standard InChI is InChI=1S/C16H13FN4O/c1-10-2-7-14(17)13(8-10)16(22)20-12-5-3-11(4-6-12)15-18-9-19-21-15/h2-9H,1H3,(H,20,22)(H,18,19,21). The molecule has 0 spiro atoms. The molecule has 0 saturated heterocycles. The minimum atomic E-state index is -0.540. The molecule has 6 heteroatoms. The van der Waals surface area contributed by atoms with Gasteiger partial charge in [-0.05, 0) is 43.3 Å². The molecule has 1 amide bonds. The normalized spacial score (nSPS) is 10.5. The van der Waals surface area contributed by atoms with Gasteiger partial charge in [-0.2, -0.15) is 5.10 Å². The first kappa shape index (κ1) is 13.9. The molecule has 0 aliphatic rings. The Morgan fingerprint density at radius 2 is 1.95 bits per heavy atom. The number of aromatic amines is 1. The van der Waals surface area contributed by atoms with Crippen LogP contribution >= 0.6 is 0 Å². The Balaban J connectivity index is 1.78. The number of H-pyrrole nitrogens is 1. The van der Waals surface area contributed by atoms with Gasteiger partial charge in [-0.1, -0.05) is 11.6 Å². The van der Waals surface area contributed by atoms with E-state index in [1.54, 1.807) is 30.3 Å². The molecule has 22 heavy (non-hydrogen) atoms. The third-order valence-electron chi connectivity index (χ3n) is 3.20. The van der Waals surface area contributed by atoms with Gasteiger partial charge in [-0.15, -0.1) is 0 Å². The number of carbonyl (C=O) groups is 1. The molecule has 2 N–H and O–H groups in total. The zero-order valence-corrected chi connectivity index (χ0v) is 11.8. The van der Waals surface area contributed by atoms with E-state index in [0.29, 0.717) is 11.5 Å². The molecule has 3 aromatic rings. The lowest BCUT2D eigenvalue weighted by atomic mass is 10.1. The van der Waals surface area contributed by atoms with Crippen molar-refractivity contribution in [2.45, 2.75) is 6.92 Å². The van der Waals surface area contributed by atoms with Crippen LogP contribution in [-0.4, -0.2) is 21.1 Å². The molecule has 0 aliphatic carbocycles. The lowest BCUT2D eigenvalue weighted by molar-refractivity contribution is 0.102. The number of amides is 1. The lowest BCUT2D eigenvalue weighted by Crippen LogP contribution is -2.13. The SMILES string of the molecule is Cc1ccc(F)c(C(=O)Nc2ccc(-c3ncn[nH]3)cc2)c1. The summed E-state index contributed by atoms with van der Waals surface area (Å²) >= 11 is 0. The van der Waals surface area contributed by atoms with E-state index < -0.39 is 11.7 Å². The van der Waals surface area contributed by atoms with Gasteiger partial charge in [-0.25, -0.2) is 9.37 Å². The second-order valence-electron chi connectivity index (χ2n) is 4.85. The first-order valence-corrected chi connectivity index (χ1v) is 6.67. The zero-order valence-electron chi connectivity index (χ0n) is 11.8. The highest BCUT2D eigenvalue weighted by atomic mass is 19.1. The molecular weight excluding hydrogens is 283 g/mol. The second-order valence-corrected chi connectivity index (χ2v) is 4.85. The van der Waals surface area contributed by atoms with Gasteiger partial charge >= 0.3 is 0 Å². The highest BCUT2D eigenvalue weighted by Crippen LogP contribution is 2.18. The van der Waals surface area contributed by atoms with Crippen molar-refractivity contribution in [3.05, 3.63) is 65.7 Å². The van der Waals surface area contributed by atoms with E-state index >= 15 is 0 Å². The number of aromatic nitrogens is 3. The van der Waals surface area contributed by atoms with Crippen molar-refractivity contribution in [2.75, 3.05) is 5.32 Å². The fourth-order valence-electron chi connectivity index (χ4n) is 2.07. The van der Waals surface area contributed by atoms with E-state index in [0.717, 1.165) is 11.1 Å². The smallest absolute Gasteiger partial charge is 0.258 e. The Morgan fingerprint density at radius 1 is 1.18 bits per heavy atom. The van der Waals surface area contributed by atoms with Crippen molar-refractivity contribution in [3.8, 4) is 11.4 Å². The van der Waals surface area contributed by atoms with Gasteiger partial charge in [0.15, 0.2) is 5.82 Å². The molecule has 5 nitrogen and oxygen atoms in total. The molecular formula is C16H13FN4O. The molecule has 110 valence electrons. The number of nitrogens with one attached hydrogen (secondary N) is 2. The average Bonchev–Trinajstić information content (AvgIpc) is 3.05. The number of anilines is 1. The molecule has 1 aromatic heterocycles. The van der Waals surface area contributed by atoms with Gasteiger partial charge in [0.2, 0.25) is 0 Å². The van der Waals surface area contributed by atoms with Crippen LogP contribution in [0.15, 0.2) is 48.8 Å². The second kappa shape index (κ2) is 5.77. The number of hydrogen-bond acceptors (Lipinski definition) is 3. The summed E-state index contributed by atoms with van der Waals surface area (Å²) in [6.45, 7) is 1.81. The van der Waals surface area contributed by atoms with Crippen LogP contribution in [0.4, 0.5) is 10.1 Å². The number of benzene rings is 2. The van der Waals surface area contributed by atoms with Gasteiger partial charge in [0.05, 0.1) is 5.56 Å². The Kier molecular flexibility index (Phi) is 3.65. The molecule has 0 fully saturated rings. The summed E-state index contributed by atoms with van der Waals surface area (Å²) in [4.78, 5) is 16.2. The van der Waals surface area contributed by atoms with Crippen LogP contribution in [0.3, 0.4) is 0 Å². The summed E-state index contributed by atoms with van der Waals surface area (Å²) < 4.78 is 13.7. The van der Waals surface area contributed by atoms with Crippen LogP contribution < -0.4 is 5.32 Å². The number of aryl methyl sites for hydroxylation is 1. The number of rotatable bonds is 3. The minimum Gasteiger partial charge on any atom is -0.322 e. The molecule has 0 bridgehead atoms. The summed E-state index contributed by atoms with van der Waals surface area (Å²) in [5, 5.41) is 9.21. The molecule has 3 rings (SSSR count). The molecule has 0 radical (unpaired) electrons. The summed E-state index contributed by atoms with van der Waals surface area (Å²) in [6, 6.07) is 11.5. The van der Waals surface area contributed by atoms with E-state index in [1.807, 2.05) is 6.92 Å². The number of carbonyl (C=O) groups excluding carboxylic acids is 1. The molecule has 0 unspecified atom stereocenters. The number of hydrogen-bond donors (Lipinski definition) is 2. The fraction of sp³-hybridized carbons (Fsp3) is 0.0625. The monoisotopic (exact) mass is 296 g/mol. The molecule has 1 heterocycles. The van der Waals surface area contributed by atoms with Gasteiger partial charge in [0.1, 0.15) is 12.1 Å². The van der Waals surface area contributed by atoms with Crippen LogP contribution in [0.25, 0.3) is 11.4 Å². The zero-order chi connectivity index (χ0) is 15.5. The summed E-state index contributed by atoms with van der Waals surface area (Å²) in [6.07, 6.45) is 1.42. The molecule has 2 aromatic carbocycles. The highest BCUT2D eigenvalue weighted by Gasteiger charge is 2.12. The van der Waals surface area contributed by atoms with E-state index in [-0.39, 0.29) is 5.56 Å². The van der Waals surface area contributed by atoms with Gasteiger partial charge in [-0.3, -0.25) is 9.89 Å². The topological polar surface area (TPSA) is 70.7 Å². The van der Waals surface area contributed by atoms with Gasteiger partial charge in [0.25, 0.3) is 5.91 Å². The summed E-state index contributed by atoms with van der Waals surface area (Å²) in [5.74, 6) is -0.377. The van der Waals surface area contributed by atoms with E-state index in [9.17, 15) is 9.18 Å². The number of halogens is 1. The highest BCUT2D eigenvalue weighted by molar-refractivity contribution is 6.04. The molecule has 0 atom stereocenters. The van der Waals surface area contributed by atoms with Gasteiger partial charge in [0, 0.05) is 11.3 Å². The average molecular weight is 296 g/mol. The Bertz CT molecular complexity index is 798. The molecule has 0 aliphatic heterocycles. The maximum absolute atomic E-state index is 13.7. The third kappa shape index (κ3) is 2.85. The van der Waals surface area contributed by atoms with Crippen LogP contribution in [0.1, 0.15) is 15.9 Å². The van der Waals surface area contributed by atoms with Crippen molar-refractivity contribution in [1.82, 2.24) is 15.2 Å². The van der Waals surface area contributed by atoms with Crippen LogP contribution in [-0.2, 0) is 0 Å². The predicted octanol–water partition coefficient (Wildman–Crippen LogP) is 3.17. The minimum absolute atomic E-state index is 0.0271. The summed E-state index contributed by atoms with van der Waals surface area (Å²) in [7, 11) is 0. The lowest BCUT2D eigenvalue weighted by Gasteiger charge is -2.07. The largest absolute Gasteiger partial charge is 0.322 e. The van der Waals surface area contributed by atoms with E-state index in [1.165, 1.54) is 18.5 Å². The van der Waals surface area contributed by atoms with Crippen LogP contribution in [0, 0.1) is 12.7 Å². The maximum Gasteiger partial charge on any atom is 0.258 e. The third-order valence-corrected chi connectivity index (χ3v) is 3.20. The van der Waals surface area contributed by atoms with E-state index in [2.05, 4.69) is 20.5 Å². The first-order chi connectivity index (χ1) is 10.6. The van der Waals surface area contributed by atoms with Crippen LogP contribution in [0.2, 0.25) is 0 Å². The summed E-state index contributed by atoms with van der Waals surface area (Å²) in [5.41, 5.74) is 2.28. The Hall–Kier alpha value is -3.02. The first-order valence-electron chi connectivity index (χ1n) is 6.67. The number of nitrogens with zero attached hydrogens (tertiary/aromatic N) is 2. The van der Waals surface area contributed by atoms with Crippen molar-refractivity contribution >= 4 is 11.6 Å². The molecule has 0 saturated carbocycles. The van der Waals surface area contributed by atoms with Gasteiger partial charge < -0.3 is 5.32 Å². The van der Waals surface area contributed by atoms with Crippen molar-refractivity contribution in [3.63, 3.8) is 0 Å². The van der Waals surface area contributed by atoms with Crippen molar-refractivity contribution in [1.29, 1.82) is 0 Å². The van der Waals surface area contributed by atoms with Crippen molar-refractivity contribution < 1.29 is 9.18 Å². The Morgan fingerprint density at radius 3 is 2.64 bits per heavy atom. The fourth-order valence-corrected chi connectivity index (χ4v) is 2.07. The maximum atomic E-state index is 13.7. The Labute approximate surface area is 126 Å². The van der Waals surface area contributed by atoms with E-state index in [4.69, 9.17) is 0 Å². The quantitative estimate of drug-likeness (QED) is 0.780.